The monoisotopic (exact) mass is 479 g/mol. The van der Waals surface area contributed by atoms with Crippen molar-refractivity contribution in [2.24, 2.45) is 5.10 Å². The third-order valence-electron chi connectivity index (χ3n) is 4.42. The van der Waals surface area contributed by atoms with Crippen molar-refractivity contribution >= 4 is 29.2 Å². The van der Waals surface area contributed by atoms with Gasteiger partial charge in [-0.05, 0) is 53.6 Å². The Bertz CT molecular complexity index is 1170. The number of anilines is 1. The van der Waals surface area contributed by atoms with Gasteiger partial charge in [0.2, 0.25) is 0 Å². The zero-order valence-corrected chi connectivity index (χ0v) is 17.9. The van der Waals surface area contributed by atoms with Crippen LogP contribution in [0.2, 0.25) is 5.02 Å². The van der Waals surface area contributed by atoms with Crippen LogP contribution in [0.25, 0.3) is 0 Å². The normalized spacial score (nSPS) is 11.4. The van der Waals surface area contributed by atoms with Gasteiger partial charge in [-0.15, -0.1) is 0 Å². The molecular formula is C22H17ClF3N3O4. The highest BCUT2D eigenvalue weighted by atomic mass is 35.5. The van der Waals surface area contributed by atoms with Crippen molar-refractivity contribution < 1.29 is 27.6 Å². The van der Waals surface area contributed by atoms with E-state index in [1.807, 2.05) is 12.1 Å². The molecule has 0 unspecified atom stereocenters. The van der Waals surface area contributed by atoms with E-state index < -0.39 is 22.4 Å². The number of alkyl halides is 3. The predicted molar refractivity (Wildman–Crippen MR) is 118 cm³/mol. The van der Waals surface area contributed by atoms with E-state index in [1.165, 1.54) is 13.3 Å². The summed E-state index contributed by atoms with van der Waals surface area (Å²) in [6.45, 7) is 0.292. The molecule has 11 heteroatoms. The average molecular weight is 480 g/mol. The largest absolute Gasteiger partial charge is 0.493 e. The fourth-order valence-corrected chi connectivity index (χ4v) is 2.88. The molecule has 172 valence electrons. The van der Waals surface area contributed by atoms with Crippen LogP contribution in [0.4, 0.5) is 24.5 Å². The Hall–Kier alpha value is -3.79. The van der Waals surface area contributed by atoms with Crippen LogP contribution < -0.4 is 14.9 Å². The molecule has 0 bridgehead atoms. The van der Waals surface area contributed by atoms with Gasteiger partial charge in [-0.3, -0.25) is 15.5 Å². The van der Waals surface area contributed by atoms with E-state index in [0.29, 0.717) is 34.8 Å². The highest BCUT2D eigenvalue weighted by Crippen LogP contribution is 2.35. The SMILES string of the molecule is COc1cc(/C=N\Nc2ccc(C(F)(F)F)cc2[N+](=O)[O-])ccc1OCc1ccc(Cl)cc1. The van der Waals surface area contributed by atoms with Crippen LogP contribution in [0.1, 0.15) is 16.7 Å². The molecule has 0 saturated carbocycles. The first kappa shape index (κ1) is 23.9. The van der Waals surface area contributed by atoms with E-state index in [4.69, 9.17) is 21.1 Å². The Morgan fingerprint density at radius 1 is 1.09 bits per heavy atom. The molecule has 33 heavy (non-hydrogen) atoms. The number of methoxy groups -OCH3 is 1. The maximum atomic E-state index is 12.8. The number of hydrogen-bond donors (Lipinski definition) is 1. The Kier molecular flexibility index (Phi) is 7.39. The average Bonchev–Trinajstić information content (AvgIpc) is 2.78. The minimum absolute atomic E-state index is 0.181. The van der Waals surface area contributed by atoms with Crippen LogP contribution in [0.15, 0.2) is 65.8 Å². The van der Waals surface area contributed by atoms with E-state index in [9.17, 15) is 23.3 Å². The van der Waals surface area contributed by atoms with Crippen molar-refractivity contribution in [1.29, 1.82) is 0 Å². The number of nitro groups is 1. The van der Waals surface area contributed by atoms with E-state index in [2.05, 4.69) is 10.5 Å². The molecule has 0 amide bonds. The molecule has 0 aliphatic heterocycles. The van der Waals surface area contributed by atoms with Gasteiger partial charge in [0.15, 0.2) is 11.5 Å². The summed E-state index contributed by atoms with van der Waals surface area (Å²) >= 11 is 5.87. The summed E-state index contributed by atoms with van der Waals surface area (Å²) in [5.74, 6) is 0.907. The predicted octanol–water partition coefficient (Wildman–Crippen LogP) is 6.30. The molecule has 0 saturated heterocycles. The number of halogens is 4. The number of benzene rings is 3. The first-order valence-electron chi connectivity index (χ1n) is 9.37. The Morgan fingerprint density at radius 2 is 1.82 bits per heavy atom. The summed E-state index contributed by atoms with van der Waals surface area (Å²) in [6, 6.07) is 14.3. The summed E-state index contributed by atoms with van der Waals surface area (Å²) < 4.78 is 49.5. The van der Waals surface area contributed by atoms with Crippen molar-refractivity contribution in [3.8, 4) is 11.5 Å². The maximum Gasteiger partial charge on any atom is 0.416 e. The number of nitrogens with one attached hydrogen (secondary N) is 1. The lowest BCUT2D eigenvalue weighted by atomic mass is 10.1. The molecule has 7 nitrogen and oxygen atoms in total. The lowest BCUT2D eigenvalue weighted by Crippen LogP contribution is -2.06. The van der Waals surface area contributed by atoms with Crippen LogP contribution in [-0.4, -0.2) is 18.2 Å². The van der Waals surface area contributed by atoms with Gasteiger partial charge in [-0.25, -0.2) is 0 Å². The van der Waals surface area contributed by atoms with Crippen LogP contribution in [-0.2, 0) is 12.8 Å². The van der Waals surface area contributed by atoms with E-state index in [-0.39, 0.29) is 5.69 Å². The molecule has 0 aliphatic rings. The van der Waals surface area contributed by atoms with Crippen LogP contribution >= 0.6 is 11.6 Å². The van der Waals surface area contributed by atoms with Crippen molar-refractivity contribution in [3.05, 3.63) is 92.5 Å². The second-order valence-corrected chi connectivity index (χ2v) is 7.12. The Labute approximate surface area is 191 Å². The minimum Gasteiger partial charge on any atom is -0.493 e. The summed E-state index contributed by atoms with van der Waals surface area (Å²) in [5, 5.41) is 15.6. The first-order chi connectivity index (χ1) is 15.7. The molecular weight excluding hydrogens is 463 g/mol. The number of ether oxygens (including phenoxy) is 2. The van der Waals surface area contributed by atoms with Crippen molar-refractivity contribution in [2.45, 2.75) is 12.8 Å². The van der Waals surface area contributed by atoms with Gasteiger partial charge in [0.1, 0.15) is 12.3 Å². The first-order valence-corrected chi connectivity index (χ1v) is 9.75. The van der Waals surface area contributed by atoms with Gasteiger partial charge in [0.25, 0.3) is 5.69 Å². The molecule has 0 spiro atoms. The number of nitro benzene ring substituents is 1. The van der Waals surface area contributed by atoms with Gasteiger partial charge >= 0.3 is 6.18 Å². The third kappa shape index (κ3) is 6.36. The second kappa shape index (κ2) is 10.2. The molecule has 3 rings (SSSR count). The quantitative estimate of drug-likeness (QED) is 0.233. The molecule has 0 heterocycles. The molecule has 0 fully saturated rings. The summed E-state index contributed by atoms with van der Waals surface area (Å²) in [4.78, 5) is 10.2. The smallest absolute Gasteiger partial charge is 0.416 e. The van der Waals surface area contributed by atoms with Crippen LogP contribution in [0.3, 0.4) is 0 Å². The zero-order valence-electron chi connectivity index (χ0n) is 17.1. The van der Waals surface area contributed by atoms with Crippen LogP contribution in [0, 0.1) is 10.1 Å². The molecule has 1 N–H and O–H groups in total. The molecule has 0 radical (unpaired) electrons. The lowest BCUT2D eigenvalue weighted by molar-refractivity contribution is -0.384. The Balaban J connectivity index is 1.71. The van der Waals surface area contributed by atoms with Crippen molar-refractivity contribution in [2.75, 3.05) is 12.5 Å². The lowest BCUT2D eigenvalue weighted by Gasteiger charge is -2.11. The van der Waals surface area contributed by atoms with Gasteiger partial charge in [-0.1, -0.05) is 23.7 Å². The molecule has 0 atom stereocenters. The molecule has 0 aliphatic carbocycles. The van der Waals surface area contributed by atoms with Gasteiger partial charge in [0, 0.05) is 11.1 Å². The molecule has 3 aromatic carbocycles. The second-order valence-electron chi connectivity index (χ2n) is 6.68. The number of hydrazone groups is 1. The van der Waals surface area contributed by atoms with Crippen molar-refractivity contribution in [1.82, 2.24) is 0 Å². The standard InChI is InChI=1S/C22H17ClF3N3O4/c1-32-21-10-15(4-9-20(21)33-13-14-2-6-17(23)7-3-14)12-27-28-18-8-5-16(22(24,25)26)11-19(18)29(30)31/h2-12,28H,13H2,1H3/b27-12-. The topological polar surface area (TPSA) is 86.0 Å². The van der Waals surface area contributed by atoms with E-state index >= 15 is 0 Å². The number of nitrogens with zero attached hydrogens (tertiary/aromatic N) is 2. The fourth-order valence-electron chi connectivity index (χ4n) is 2.76. The molecule has 0 aromatic heterocycles. The summed E-state index contributed by atoms with van der Waals surface area (Å²) in [6.07, 6.45) is -3.35. The summed E-state index contributed by atoms with van der Waals surface area (Å²) in [7, 11) is 1.47. The van der Waals surface area contributed by atoms with Crippen LogP contribution in [0.5, 0.6) is 11.5 Å². The highest BCUT2D eigenvalue weighted by molar-refractivity contribution is 6.30. The molecule has 3 aromatic rings. The van der Waals surface area contributed by atoms with E-state index in [1.54, 1.807) is 30.3 Å². The third-order valence-corrected chi connectivity index (χ3v) is 4.67. The number of hydrogen-bond acceptors (Lipinski definition) is 6. The summed E-state index contributed by atoms with van der Waals surface area (Å²) in [5.41, 5.74) is 1.83. The van der Waals surface area contributed by atoms with Gasteiger partial charge in [0.05, 0.1) is 23.8 Å². The fraction of sp³-hybridized carbons (Fsp3) is 0.136. The van der Waals surface area contributed by atoms with E-state index in [0.717, 1.165) is 17.7 Å². The minimum atomic E-state index is -4.69. The zero-order chi connectivity index (χ0) is 24.0. The van der Waals surface area contributed by atoms with Crippen molar-refractivity contribution in [3.63, 3.8) is 0 Å². The van der Waals surface area contributed by atoms with Gasteiger partial charge < -0.3 is 9.47 Å². The van der Waals surface area contributed by atoms with Gasteiger partial charge in [-0.2, -0.15) is 18.3 Å². The highest BCUT2D eigenvalue weighted by Gasteiger charge is 2.33. The maximum absolute atomic E-state index is 12.8. The Morgan fingerprint density at radius 3 is 2.45 bits per heavy atom. The number of rotatable bonds is 8.